The summed E-state index contributed by atoms with van der Waals surface area (Å²) < 4.78 is 0. The predicted octanol–water partition coefficient (Wildman–Crippen LogP) is 1.60. The number of primary amides is 1. The van der Waals surface area contributed by atoms with Crippen molar-refractivity contribution < 1.29 is 34.8 Å². The van der Waals surface area contributed by atoms with Gasteiger partial charge in [0.15, 0.2) is 11.4 Å². The number of hydrogen-bond donors (Lipinski definition) is 5. The maximum atomic E-state index is 13.8. The lowest BCUT2D eigenvalue weighted by molar-refractivity contribution is -0.153. The molecule has 3 aliphatic carbocycles. The highest BCUT2D eigenvalue weighted by Gasteiger charge is 2.64. The monoisotopic (exact) mass is 545 g/mol. The average molecular weight is 546 g/mol. The Morgan fingerprint density at radius 1 is 1.18 bits per heavy atom. The number of carbonyl (C=O) groups excluding carboxylic acids is 3. The van der Waals surface area contributed by atoms with Crippen LogP contribution in [0.5, 0.6) is 5.75 Å². The first-order valence-electron chi connectivity index (χ1n) is 12.8. The van der Waals surface area contributed by atoms with E-state index in [0.717, 1.165) is 25.9 Å². The van der Waals surface area contributed by atoms with Gasteiger partial charge in [-0.1, -0.05) is 18.0 Å². The third kappa shape index (κ3) is 3.77. The number of likely N-dealkylation sites (tertiary alicyclic amines) is 1. The lowest BCUT2D eigenvalue weighted by Gasteiger charge is -2.50. The molecule has 0 aromatic heterocycles. The first kappa shape index (κ1) is 26.7. The van der Waals surface area contributed by atoms with Gasteiger partial charge >= 0.3 is 0 Å². The molecule has 0 bridgehead atoms. The Balaban J connectivity index is 1.64. The van der Waals surface area contributed by atoms with Crippen LogP contribution >= 0.6 is 11.6 Å². The number of nitrogens with two attached hydrogens (primary N) is 1. The molecule has 1 aromatic rings. The number of Topliss-reactive ketones (excluding diaryl/α,β-unsaturated/α-hetero) is 2. The van der Waals surface area contributed by atoms with Crippen molar-refractivity contribution in [3.05, 3.63) is 44.7 Å². The first-order chi connectivity index (χ1) is 17.9. The second-order valence-corrected chi connectivity index (χ2v) is 11.4. The largest absolute Gasteiger partial charge is 0.508 e. The molecule has 38 heavy (non-hydrogen) atoms. The van der Waals surface area contributed by atoms with E-state index < -0.39 is 58.0 Å². The molecule has 1 saturated carbocycles. The molecule has 2 fully saturated rings. The van der Waals surface area contributed by atoms with Crippen LogP contribution in [0, 0.1) is 11.8 Å². The van der Waals surface area contributed by atoms with Crippen LogP contribution in [0.25, 0.3) is 5.76 Å². The van der Waals surface area contributed by atoms with Crippen molar-refractivity contribution in [2.45, 2.75) is 50.3 Å². The van der Waals surface area contributed by atoms with Gasteiger partial charge < -0.3 is 26.2 Å². The van der Waals surface area contributed by atoms with Gasteiger partial charge in [-0.05, 0) is 76.0 Å². The van der Waals surface area contributed by atoms with Crippen molar-refractivity contribution in [3.8, 4) is 5.75 Å². The molecule has 5 rings (SSSR count). The second kappa shape index (κ2) is 9.37. The lowest BCUT2D eigenvalue weighted by Crippen LogP contribution is -2.65. The van der Waals surface area contributed by atoms with Crippen LogP contribution in [-0.2, 0) is 27.3 Å². The highest BCUT2D eigenvalue weighted by atomic mass is 35.5. The van der Waals surface area contributed by atoms with E-state index in [1.807, 2.05) is 0 Å². The van der Waals surface area contributed by atoms with Crippen molar-refractivity contribution in [2.24, 2.45) is 17.6 Å². The molecule has 11 heteroatoms. The van der Waals surface area contributed by atoms with Crippen molar-refractivity contribution in [2.75, 3.05) is 27.2 Å². The van der Waals surface area contributed by atoms with Crippen LogP contribution in [0.2, 0.25) is 5.02 Å². The number of ketones is 2. The number of aromatic hydroxyl groups is 1. The van der Waals surface area contributed by atoms with E-state index >= 15 is 0 Å². The quantitative estimate of drug-likeness (QED) is 0.353. The molecular formula is C27H32ClN3O7. The zero-order valence-electron chi connectivity index (χ0n) is 21.3. The number of rotatable bonds is 4. The molecule has 1 aromatic carbocycles. The van der Waals surface area contributed by atoms with Crippen molar-refractivity contribution >= 4 is 34.8 Å². The Bertz CT molecular complexity index is 1310. The summed E-state index contributed by atoms with van der Waals surface area (Å²) in [5, 5.41) is 45.2. The van der Waals surface area contributed by atoms with E-state index in [-0.39, 0.29) is 29.7 Å². The summed E-state index contributed by atoms with van der Waals surface area (Å²) in [6.07, 6.45) is 3.54. The molecule has 4 aliphatic rings. The Labute approximate surface area is 225 Å². The molecule has 0 radical (unpaired) electrons. The number of nitrogens with zero attached hydrogens (tertiary/aromatic N) is 2. The molecule has 1 heterocycles. The van der Waals surface area contributed by atoms with Gasteiger partial charge in [-0.2, -0.15) is 0 Å². The third-order valence-electron chi connectivity index (χ3n) is 8.57. The average Bonchev–Trinajstić information content (AvgIpc) is 2.84. The molecule has 0 unspecified atom stereocenters. The van der Waals surface area contributed by atoms with Gasteiger partial charge in [0.25, 0.3) is 5.91 Å². The summed E-state index contributed by atoms with van der Waals surface area (Å²) in [4.78, 5) is 42.8. The third-order valence-corrected chi connectivity index (χ3v) is 9.04. The summed E-state index contributed by atoms with van der Waals surface area (Å²) in [6.45, 7) is 2.38. The van der Waals surface area contributed by atoms with E-state index in [2.05, 4.69) is 4.90 Å². The standard InChI is InChI=1S/C27H32ClN3O7/c1-30(2)21-15-9-12-8-14-18(16(32)10-13(20(14)28)11-31-6-4-3-5-7-31)22(33)17(12)24(35)27(15,38)25(36)19(23(21)34)26(29)37/h10,12,15,21,32-33,36,38H,3-9,11H2,1-2H3,(H2,29,37)/t12-,15-,21-,27-/m0/s1. The summed E-state index contributed by atoms with van der Waals surface area (Å²) in [6, 6.07) is 0.364. The zero-order chi connectivity index (χ0) is 27.7. The van der Waals surface area contributed by atoms with Gasteiger partial charge in [0.05, 0.1) is 11.6 Å². The zero-order valence-corrected chi connectivity index (χ0v) is 22.1. The highest BCUT2D eigenvalue weighted by Crippen LogP contribution is 2.53. The highest BCUT2D eigenvalue weighted by molar-refractivity contribution is 6.32. The number of aliphatic hydroxyl groups excluding tert-OH is 2. The number of phenols is 1. The van der Waals surface area contributed by atoms with E-state index in [1.165, 1.54) is 17.4 Å². The van der Waals surface area contributed by atoms with Crippen molar-refractivity contribution in [1.82, 2.24) is 9.80 Å². The van der Waals surface area contributed by atoms with Crippen LogP contribution in [0.15, 0.2) is 23.0 Å². The van der Waals surface area contributed by atoms with Crippen molar-refractivity contribution in [3.63, 3.8) is 0 Å². The number of aliphatic hydroxyl groups is 3. The van der Waals surface area contributed by atoms with E-state index in [9.17, 15) is 34.8 Å². The second-order valence-electron chi connectivity index (χ2n) is 11.0. The number of benzene rings is 1. The number of fused-ring (bicyclic) bond motifs is 3. The normalized spacial score (nSPS) is 29.9. The minimum absolute atomic E-state index is 0.00804. The number of phenolic OH excluding ortho intramolecular Hbond substituents is 1. The number of piperidine rings is 1. The fraction of sp³-hybridized carbons (Fsp3) is 0.519. The number of amides is 1. The van der Waals surface area contributed by atoms with Crippen LogP contribution in [0.4, 0.5) is 0 Å². The Hall–Kier alpha value is -2.92. The molecule has 6 N–H and O–H groups in total. The SMILES string of the molecule is CN(C)[C@@H]1C(=O)C(C(N)=O)=C(O)[C@@]2(O)C(=O)C3=C(O)c4c(O)cc(CN5CCCCC5)c(Cl)c4C[C@H]3C[C@@H]12. The number of carbonyl (C=O) groups is 3. The first-order valence-corrected chi connectivity index (χ1v) is 13.2. The van der Waals surface area contributed by atoms with Crippen LogP contribution in [0.1, 0.15) is 42.4 Å². The van der Waals surface area contributed by atoms with Gasteiger partial charge in [0, 0.05) is 23.1 Å². The molecule has 0 spiro atoms. The summed E-state index contributed by atoms with van der Waals surface area (Å²) in [5.74, 6) is -6.74. The summed E-state index contributed by atoms with van der Waals surface area (Å²) >= 11 is 6.83. The van der Waals surface area contributed by atoms with E-state index in [4.69, 9.17) is 17.3 Å². The summed E-state index contributed by atoms with van der Waals surface area (Å²) in [7, 11) is 3.13. The molecule has 10 nitrogen and oxygen atoms in total. The Morgan fingerprint density at radius 3 is 2.45 bits per heavy atom. The fourth-order valence-electron chi connectivity index (χ4n) is 6.82. The van der Waals surface area contributed by atoms with Gasteiger partial charge in [-0.3, -0.25) is 24.2 Å². The van der Waals surface area contributed by atoms with Gasteiger partial charge in [-0.15, -0.1) is 0 Å². The maximum absolute atomic E-state index is 13.8. The predicted molar refractivity (Wildman–Crippen MR) is 138 cm³/mol. The number of halogens is 1. The topological polar surface area (TPSA) is 165 Å². The number of hydrogen-bond acceptors (Lipinski definition) is 9. The molecule has 4 atom stereocenters. The Kier molecular flexibility index (Phi) is 6.58. The van der Waals surface area contributed by atoms with E-state index in [0.29, 0.717) is 22.7 Å². The molecule has 1 amide bonds. The fourth-order valence-corrected chi connectivity index (χ4v) is 7.11. The van der Waals surface area contributed by atoms with Crippen LogP contribution < -0.4 is 5.73 Å². The molecule has 1 saturated heterocycles. The lowest BCUT2D eigenvalue weighted by atomic mass is 9.57. The molecule has 204 valence electrons. The smallest absolute Gasteiger partial charge is 0.255 e. The van der Waals surface area contributed by atoms with Gasteiger partial charge in [-0.25, -0.2) is 0 Å². The minimum Gasteiger partial charge on any atom is -0.508 e. The maximum Gasteiger partial charge on any atom is 0.255 e. The van der Waals surface area contributed by atoms with Crippen LogP contribution in [0.3, 0.4) is 0 Å². The number of likely N-dealkylation sites (N-methyl/N-ethyl adjacent to an activating group) is 1. The van der Waals surface area contributed by atoms with Gasteiger partial charge in [0.1, 0.15) is 22.8 Å². The summed E-state index contributed by atoms with van der Waals surface area (Å²) in [5.41, 5.74) is 2.88. The molecule has 1 aliphatic heterocycles. The molecular weight excluding hydrogens is 514 g/mol. The Morgan fingerprint density at radius 2 is 1.84 bits per heavy atom. The van der Waals surface area contributed by atoms with Crippen LogP contribution in [-0.4, -0.2) is 86.5 Å². The van der Waals surface area contributed by atoms with Crippen molar-refractivity contribution in [1.29, 1.82) is 0 Å². The minimum atomic E-state index is -2.65. The van der Waals surface area contributed by atoms with E-state index in [1.54, 1.807) is 14.1 Å². The van der Waals surface area contributed by atoms with Gasteiger partial charge in [0.2, 0.25) is 5.78 Å².